The molecule has 0 aliphatic carbocycles. The number of pyridine rings is 1. The maximum absolute atomic E-state index is 12.3. The highest BCUT2D eigenvalue weighted by Gasteiger charge is 2.27. The summed E-state index contributed by atoms with van der Waals surface area (Å²) in [7, 11) is 0. The number of amides is 2. The van der Waals surface area contributed by atoms with Gasteiger partial charge in [0.25, 0.3) is 5.82 Å². The van der Waals surface area contributed by atoms with Crippen LogP contribution in [0, 0.1) is 10.1 Å². The van der Waals surface area contributed by atoms with Gasteiger partial charge in [0.2, 0.25) is 0 Å². The molecule has 0 saturated carbocycles. The van der Waals surface area contributed by atoms with Crippen LogP contribution >= 0.6 is 0 Å². The van der Waals surface area contributed by atoms with Crippen LogP contribution in [0.1, 0.15) is 27.2 Å². The topological polar surface area (TPSA) is 170 Å². The summed E-state index contributed by atoms with van der Waals surface area (Å²) in [6.07, 6.45) is -3.86. The Morgan fingerprint density at radius 1 is 1.28 bits per heavy atom. The van der Waals surface area contributed by atoms with Gasteiger partial charge in [-0.25, -0.2) is 19.3 Å². The molecular weight excluding hydrogens is 392 g/mol. The van der Waals surface area contributed by atoms with Crippen molar-refractivity contribution in [2.45, 2.75) is 33.3 Å². The van der Waals surface area contributed by atoms with Crippen LogP contribution in [0.4, 0.5) is 31.7 Å². The van der Waals surface area contributed by atoms with Crippen molar-refractivity contribution in [3.05, 3.63) is 22.2 Å². The van der Waals surface area contributed by atoms with E-state index in [0.29, 0.717) is 0 Å². The summed E-state index contributed by atoms with van der Waals surface area (Å²) in [6.45, 7) is 4.66. The van der Waals surface area contributed by atoms with Gasteiger partial charge < -0.3 is 29.4 Å². The zero-order valence-electron chi connectivity index (χ0n) is 16.1. The SMILES string of the molecule is CCOC(=O)Nc1ccc(N(CCC(C)OC(=O)O)C(=O)OCC)nc1[N+](=O)[O-]. The second-order valence-corrected chi connectivity index (χ2v) is 5.48. The molecule has 0 bridgehead atoms. The molecule has 13 heteroatoms. The van der Waals surface area contributed by atoms with E-state index < -0.39 is 35.2 Å². The summed E-state index contributed by atoms with van der Waals surface area (Å²) in [5.41, 5.74) is -0.219. The van der Waals surface area contributed by atoms with Crippen LogP contribution in [0.2, 0.25) is 0 Å². The highest BCUT2D eigenvalue weighted by atomic mass is 16.7. The van der Waals surface area contributed by atoms with Gasteiger partial charge in [-0.05, 0) is 36.7 Å². The van der Waals surface area contributed by atoms with Crippen molar-refractivity contribution in [3.8, 4) is 0 Å². The van der Waals surface area contributed by atoms with Crippen LogP contribution in [0.25, 0.3) is 0 Å². The maximum Gasteiger partial charge on any atom is 0.506 e. The number of hydrogen-bond acceptors (Lipinski definition) is 9. The zero-order chi connectivity index (χ0) is 22.0. The molecule has 0 aliphatic rings. The second-order valence-electron chi connectivity index (χ2n) is 5.48. The Morgan fingerprint density at radius 2 is 1.93 bits per heavy atom. The Balaban J connectivity index is 3.14. The number of nitrogens with one attached hydrogen (secondary N) is 1. The van der Waals surface area contributed by atoms with Gasteiger partial charge in [0.05, 0.1) is 13.2 Å². The Kier molecular flexibility index (Phi) is 9.08. The minimum Gasteiger partial charge on any atom is -0.450 e. The fraction of sp³-hybridized carbons (Fsp3) is 0.500. The molecule has 1 unspecified atom stereocenters. The lowest BCUT2D eigenvalue weighted by molar-refractivity contribution is -0.388. The Morgan fingerprint density at radius 3 is 2.48 bits per heavy atom. The predicted octanol–water partition coefficient (Wildman–Crippen LogP) is 2.99. The van der Waals surface area contributed by atoms with Crippen LogP contribution in [0.3, 0.4) is 0 Å². The smallest absolute Gasteiger partial charge is 0.450 e. The lowest BCUT2D eigenvalue weighted by Gasteiger charge is -2.20. The average molecular weight is 414 g/mol. The first-order chi connectivity index (χ1) is 13.7. The number of carboxylic acid groups (broad SMARTS) is 1. The third-order valence-electron chi connectivity index (χ3n) is 3.37. The summed E-state index contributed by atoms with van der Waals surface area (Å²) < 4.78 is 14.2. The third kappa shape index (κ3) is 7.48. The van der Waals surface area contributed by atoms with Gasteiger partial charge in [-0.3, -0.25) is 5.32 Å². The molecule has 1 atom stereocenters. The molecule has 1 heterocycles. The van der Waals surface area contributed by atoms with Gasteiger partial charge in [0.1, 0.15) is 11.8 Å². The number of hydrogen-bond donors (Lipinski definition) is 2. The minimum atomic E-state index is -1.47. The first-order valence-corrected chi connectivity index (χ1v) is 8.62. The highest BCUT2D eigenvalue weighted by Crippen LogP contribution is 2.26. The fourth-order valence-corrected chi connectivity index (χ4v) is 2.15. The number of ether oxygens (including phenoxy) is 3. The zero-order valence-corrected chi connectivity index (χ0v) is 16.1. The van der Waals surface area contributed by atoms with E-state index in [2.05, 4.69) is 19.8 Å². The van der Waals surface area contributed by atoms with Crippen molar-refractivity contribution in [2.24, 2.45) is 0 Å². The van der Waals surface area contributed by atoms with Crippen molar-refractivity contribution in [1.29, 1.82) is 0 Å². The second kappa shape index (κ2) is 11.3. The lowest BCUT2D eigenvalue weighted by Crippen LogP contribution is -2.35. The molecule has 13 nitrogen and oxygen atoms in total. The van der Waals surface area contributed by atoms with E-state index in [1.165, 1.54) is 19.1 Å². The number of rotatable bonds is 9. The maximum atomic E-state index is 12.3. The van der Waals surface area contributed by atoms with Crippen molar-refractivity contribution in [1.82, 2.24) is 4.98 Å². The normalized spacial score (nSPS) is 11.1. The van der Waals surface area contributed by atoms with Crippen LogP contribution in [-0.4, -0.2) is 59.2 Å². The lowest BCUT2D eigenvalue weighted by atomic mass is 10.2. The van der Waals surface area contributed by atoms with Gasteiger partial charge >= 0.3 is 24.2 Å². The van der Waals surface area contributed by atoms with Crippen LogP contribution < -0.4 is 10.2 Å². The van der Waals surface area contributed by atoms with Gasteiger partial charge in [-0.2, -0.15) is 0 Å². The Hall–Kier alpha value is -3.64. The molecule has 2 N–H and O–H groups in total. The van der Waals surface area contributed by atoms with Crippen LogP contribution in [-0.2, 0) is 14.2 Å². The first-order valence-electron chi connectivity index (χ1n) is 8.62. The first kappa shape index (κ1) is 23.4. The summed E-state index contributed by atoms with van der Waals surface area (Å²) in [5, 5.41) is 22.2. The monoisotopic (exact) mass is 414 g/mol. The molecule has 0 fully saturated rings. The van der Waals surface area contributed by atoms with Crippen molar-refractivity contribution in [3.63, 3.8) is 0 Å². The fourth-order valence-electron chi connectivity index (χ4n) is 2.15. The molecule has 160 valence electrons. The Labute approximate surface area is 165 Å². The van der Waals surface area contributed by atoms with Gasteiger partial charge in [0.15, 0.2) is 0 Å². The van der Waals surface area contributed by atoms with Crippen LogP contribution in [0.5, 0.6) is 0 Å². The van der Waals surface area contributed by atoms with E-state index in [1.807, 2.05) is 0 Å². The van der Waals surface area contributed by atoms with Crippen molar-refractivity contribution in [2.75, 3.05) is 30.0 Å². The molecule has 29 heavy (non-hydrogen) atoms. The number of aromatic nitrogens is 1. The average Bonchev–Trinajstić information content (AvgIpc) is 2.62. The van der Waals surface area contributed by atoms with E-state index in [1.54, 1.807) is 13.8 Å². The molecule has 0 radical (unpaired) electrons. The molecule has 0 spiro atoms. The quantitative estimate of drug-likeness (QED) is 0.265. The number of nitrogens with zero attached hydrogens (tertiary/aromatic N) is 3. The van der Waals surface area contributed by atoms with Crippen molar-refractivity contribution >= 4 is 35.7 Å². The molecule has 0 saturated heterocycles. The summed E-state index contributed by atoms with van der Waals surface area (Å²) in [4.78, 5) is 49.7. The van der Waals surface area contributed by atoms with E-state index in [4.69, 9.17) is 9.84 Å². The molecule has 1 aromatic heterocycles. The van der Waals surface area contributed by atoms with Gasteiger partial charge in [0, 0.05) is 19.0 Å². The molecule has 2 amide bonds. The third-order valence-corrected chi connectivity index (χ3v) is 3.37. The van der Waals surface area contributed by atoms with E-state index in [0.717, 1.165) is 4.90 Å². The summed E-state index contributed by atoms with van der Waals surface area (Å²) >= 11 is 0. The summed E-state index contributed by atoms with van der Waals surface area (Å²) in [6, 6.07) is 2.47. The summed E-state index contributed by atoms with van der Waals surface area (Å²) in [5.74, 6) is -0.827. The Bertz CT molecular complexity index is 756. The molecule has 0 aliphatic heterocycles. The standard InChI is InChI=1S/C16H22N4O9/c1-4-27-14(21)17-11-6-7-12(18-13(11)20(25)26)19(15(22)28-5-2)9-8-10(3)29-16(23)24/h6-7,10H,4-5,8-9H2,1-3H3,(H,17,21)(H,23,24). The number of carbonyl (C=O) groups excluding carboxylic acids is 2. The molecular formula is C16H22N4O9. The highest BCUT2D eigenvalue weighted by molar-refractivity contribution is 5.89. The van der Waals surface area contributed by atoms with E-state index >= 15 is 0 Å². The number of anilines is 2. The van der Waals surface area contributed by atoms with Crippen LogP contribution in [0.15, 0.2) is 12.1 Å². The van der Waals surface area contributed by atoms with Gasteiger partial charge in [-0.1, -0.05) is 0 Å². The predicted molar refractivity (Wildman–Crippen MR) is 99.1 cm³/mol. The molecule has 0 aromatic carbocycles. The largest absolute Gasteiger partial charge is 0.506 e. The molecule has 1 rings (SSSR count). The minimum absolute atomic E-state index is 0.0428. The number of carbonyl (C=O) groups is 3. The molecule has 1 aromatic rings. The number of nitro groups is 1. The van der Waals surface area contributed by atoms with Crippen molar-refractivity contribution < 1.29 is 38.6 Å². The van der Waals surface area contributed by atoms with E-state index in [-0.39, 0.29) is 37.7 Å². The van der Waals surface area contributed by atoms with Gasteiger partial charge in [-0.15, -0.1) is 0 Å². The van der Waals surface area contributed by atoms with E-state index in [9.17, 15) is 24.5 Å².